The van der Waals surface area contributed by atoms with Crippen LogP contribution in [-0.2, 0) is 5.41 Å². The van der Waals surface area contributed by atoms with Gasteiger partial charge in [-0.3, -0.25) is 0 Å². The Balaban J connectivity index is 0.982. The van der Waals surface area contributed by atoms with Crippen molar-refractivity contribution in [2.45, 2.75) is 5.41 Å². The molecule has 0 aliphatic heterocycles. The van der Waals surface area contributed by atoms with Crippen LogP contribution in [0.1, 0.15) is 22.3 Å². The normalized spacial score (nSPS) is 11.3. The van der Waals surface area contributed by atoms with Crippen LogP contribution in [0.25, 0.3) is 91.6 Å². The van der Waals surface area contributed by atoms with E-state index in [-0.39, 0.29) is 0 Å². The monoisotopic (exact) mass is 1140 g/mol. The Labute approximate surface area is 486 Å². The SMILES string of the molecule is COc1ccc(-c2nnc(-c3ccc(C(c4ccc(-c5nnc(-c6ccc(OC)c(OC)c6)o5)cc4)(c4ccc(-c5nnc(-c6ccc(OC)c(OC)c6)o5)cc4)c4ccc(-c5nnc(-c6ccc(OC)c(OC)c6)o5)cc4)cc3)o2)cc1OC. The zero-order valence-corrected chi connectivity index (χ0v) is 47.1. The van der Waals surface area contributed by atoms with Gasteiger partial charge in [0.25, 0.3) is 0 Å². The van der Waals surface area contributed by atoms with Crippen LogP contribution in [0.3, 0.4) is 0 Å². The van der Waals surface area contributed by atoms with Crippen molar-refractivity contribution in [3.63, 3.8) is 0 Å². The van der Waals surface area contributed by atoms with Crippen LogP contribution in [0, 0.1) is 0 Å². The molecule has 0 amide bonds. The van der Waals surface area contributed by atoms with Gasteiger partial charge in [-0.1, -0.05) is 48.5 Å². The first-order chi connectivity index (χ1) is 41.7. The largest absolute Gasteiger partial charge is 0.493 e. The minimum atomic E-state index is -1.06. The van der Waals surface area contributed by atoms with Crippen molar-refractivity contribution < 1.29 is 55.6 Å². The summed E-state index contributed by atoms with van der Waals surface area (Å²) in [6, 6.07) is 53.8. The summed E-state index contributed by atoms with van der Waals surface area (Å²) < 4.78 is 69.3. The smallest absolute Gasteiger partial charge is 0.248 e. The molecule has 0 saturated heterocycles. The van der Waals surface area contributed by atoms with Crippen LogP contribution in [0.2, 0.25) is 0 Å². The van der Waals surface area contributed by atoms with Crippen LogP contribution >= 0.6 is 0 Å². The van der Waals surface area contributed by atoms with Crippen LogP contribution in [0.4, 0.5) is 0 Å². The number of aromatic nitrogens is 8. The predicted octanol–water partition coefficient (Wildman–Crippen LogP) is 13.0. The number of benzene rings is 8. The van der Waals surface area contributed by atoms with Gasteiger partial charge in [-0.2, -0.15) is 0 Å². The van der Waals surface area contributed by atoms with Gasteiger partial charge in [0.1, 0.15) is 0 Å². The lowest BCUT2D eigenvalue weighted by Crippen LogP contribution is -2.31. The molecule has 424 valence electrons. The van der Waals surface area contributed by atoms with Crippen LogP contribution in [0.15, 0.2) is 188 Å². The Bertz CT molecular complexity index is 3750. The van der Waals surface area contributed by atoms with Gasteiger partial charge >= 0.3 is 0 Å². The van der Waals surface area contributed by atoms with E-state index in [1.54, 1.807) is 105 Å². The summed E-state index contributed by atoms with van der Waals surface area (Å²) in [5.74, 6) is 6.87. The molecule has 0 aliphatic rings. The first-order valence-corrected chi connectivity index (χ1v) is 26.4. The van der Waals surface area contributed by atoms with Crippen molar-refractivity contribution in [2.75, 3.05) is 56.9 Å². The molecule has 0 saturated carbocycles. The van der Waals surface area contributed by atoms with E-state index < -0.39 is 5.41 Å². The molecule has 0 N–H and O–H groups in total. The van der Waals surface area contributed by atoms with Crippen molar-refractivity contribution in [3.05, 3.63) is 192 Å². The summed E-state index contributed by atoms with van der Waals surface area (Å²) in [5.41, 5.74) is 7.82. The number of rotatable bonds is 20. The van der Waals surface area contributed by atoms with Crippen molar-refractivity contribution in [3.8, 4) is 138 Å². The van der Waals surface area contributed by atoms with Gasteiger partial charge in [-0.05, 0) is 144 Å². The Hall–Kier alpha value is -11.3. The zero-order valence-electron chi connectivity index (χ0n) is 47.1. The second-order valence-corrected chi connectivity index (χ2v) is 19.0. The molecular weight excluding hydrogens is 1080 g/mol. The van der Waals surface area contributed by atoms with E-state index in [1.165, 1.54) is 0 Å². The molecule has 0 bridgehead atoms. The van der Waals surface area contributed by atoms with E-state index in [9.17, 15) is 0 Å². The van der Waals surface area contributed by atoms with Crippen molar-refractivity contribution >= 4 is 0 Å². The fraction of sp³-hybridized carbons (Fsp3) is 0.138. The van der Waals surface area contributed by atoms with Gasteiger partial charge in [0.2, 0.25) is 47.1 Å². The second-order valence-electron chi connectivity index (χ2n) is 19.0. The van der Waals surface area contributed by atoms with E-state index >= 15 is 0 Å². The Morgan fingerprint density at radius 2 is 0.376 bits per heavy atom. The highest BCUT2D eigenvalue weighted by molar-refractivity contribution is 5.71. The van der Waals surface area contributed by atoms with Crippen molar-refractivity contribution in [2.24, 2.45) is 0 Å². The average molecular weight is 1140 g/mol. The highest BCUT2D eigenvalue weighted by Gasteiger charge is 2.39. The molecule has 0 unspecified atom stereocenters. The van der Waals surface area contributed by atoms with Crippen molar-refractivity contribution in [1.82, 2.24) is 40.8 Å². The molecular formula is C65H52N8O12. The van der Waals surface area contributed by atoms with E-state index in [4.69, 9.17) is 55.6 Å². The van der Waals surface area contributed by atoms with E-state index in [1.807, 2.05) is 72.8 Å². The molecule has 0 aliphatic carbocycles. The number of hydrogen-bond acceptors (Lipinski definition) is 20. The standard InChI is InChI=1S/C65H52N8O12/c1-74-49-29-17-41(33-53(49)78-5)61-70-66-57(82-61)37-9-21-45(22-10-37)65(46-23-11-38(12-24-46)58-67-71-62(83-58)42-18-30-50(75-2)54(34-42)79-6,47-25-13-39(14-26-47)59-68-72-63(84-59)43-19-31-51(76-3)55(35-43)80-7)48-27-15-40(16-28-48)60-69-73-64(85-60)44-20-32-52(77-4)56(36-44)81-8/h9-36H,1-8H3. The molecule has 12 aromatic rings. The average Bonchev–Trinajstić information content (AvgIpc) is 2.31. The van der Waals surface area contributed by atoms with Gasteiger partial charge in [-0.15, -0.1) is 40.8 Å². The number of methoxy groups -OCH3 is 8. The molecule has 4 heterocycles. The maximum Gasteiger partial charge on any atom is 0.248 e. The third-order valence-electron chi connectivity index (χ3n) is 14.5. The fourth-order valence-corrected chi connectivity index (χ4v) is 10.2. The minimum absolute atomic E-state index is 0.306. The lowest BCUT2D eigenvalue weighted by molar-refractivity contribution is 0.355. The van der Waals surface area contributed by atoms with E-state index in [0.29, 0.717) is 138 Å². The molecule has 4 aromatic heterocycles. The Morgan fingerprint density at radius 1 is 0.212 bits per heavy atom. The molecule has 8 aromatic carbocycles. The van der Waals surface area contributed by atoms with Gasteiger partial charge in [0.15, 0.2) is 46.0 Å². The van der Waals surface area contributed by atoms with E-state index in [0.717, 1.165) is 22.3 Å². The molecule has 85 heavy (non-hydrogen) atoms. The molecule has 0 radical (unpaired) electrons. The van der Waals surface area contributed by atoms with Crippen molar-refractivity contribution in [1.29, 1.82) is 0 Å². The van der Waals surface area contributed by atoms with E-state index in [2.05, 4.69) is 89.3 Å². The van der Waals surface area contributed by atoms with Gasteiger partial charge < -0.3 is 55.6 Å². The highest BCUT2D eigenvalue weighted by Crippen LogP contribution is 2.48. The lowest BCUT2D eigenvalue weighted by Gasteiger charge is -2.37. The van der Waals surface area contributed by atoms with Gasteiger partial charge in [0.05, 0.1) is 62.3 Å². The third-order valence-corrected chi connectivity index (χ3v) is 14.5. The predicted molar refractivity (Wildman–Crippen MR) is 312 cm³/mol. The molecule has 12 rings (SSSR count). The highest BCUT2D eigenvalue weighted by atomic mass is 16.5. The molecule has 0 fully saturated rings. The van der Waals surface area contributed by atoms with Crippen LogP contribution in [-0.4, -0.2) is 97.7 Å². The molecule has 20 heteroatoms. The van der Waals surface area contributed by atoms with Crippen LogP contribution in [0.5, 0.6) is 46.0 Å². The summed E-state index contributed by atoms with van der Waals surface area (Å²) in [6.45, 7) is 0. The summed E-state index contributed by atoms with van der Waals surface area (Å²) in [5, 5.41) is 35.5. The topological polar surface area (TPSA) is 230 Å². The zero-order chi connectivity index (χ0) is 58.6. The minimum Gasteiger partial charge on any atom is -0.493 e. The third kappa shape index (κ3) is 10.2. The molecule has 0 atom stereocenters. The first-order valence-electron chi connectivity index (χ1n) is 26.4. The Morgan fingerprint density at radius 3 is 0.553 bits per heavy atom. The summed E-state index contributed by atoms with van der Waals surface area (Å²) in [4.78, 5) is 0. The fourth-order valence-electron chi connectivity index (χ4n) is 10.2. The quantitative estimate of drug-likeness (QED) is 0.0646. The lowest BCUT2D eigenvalue weighted by atomic mass is 9.65. The second kappa shape index (κ2) is 23.3. The first kappa shape index (κ1) is 54.3. The van der Waals surface area contributed by atoms with Gasteiger partial charge in [-0.25, -0.2) is 0 Å². The summed E-state index contributed by atoms with van der Waals surface area (Å²) >= 11 is 0. The summed E-state index contributed by atoms with van der Waals surface area (Å²) in [6.07, 6.45) is 0. The molecule has 20 nitrogen and oxygen atoms in total. The maximum absolute atomic E-state index is 6.32. The molecule has 0 spiro atoms. The van der Waals surface area contributed by atoms with Gasteiger partial charge in [0, 0.05) is 44.5 Å². The number of nitrogens with zero attached hydrogens (tertiary/aromatic N) is 8. The van der Waals surface area contributed by atoms with Crippen LogP contribution < -0.4 is 37.9 Å². The maximum atomic E-state index is 6.32. The Kier molecular flexibility index (Phi) is 14.9. The number of ether oxygens (including phenoxy) is 8. The summed E-state index contributed by atoms with van der Waals surface area (Å²) in [7, 11) is 12.6. The number of hydrogen-bond donors (Lipinski definition) is 0.